The smallest absolute Gasteiger partial charge is 0.255 e. The molecule has 0 bridgehead atoms. The van der Waals surface area contributed by atoms with Gasteiger partial charge in [-0.15, -0.1) is 0 Å². The lowest BCUT2D eigenvalue weighted by atomic mass is 10.1. The van der Waals surface area contributed by atoms with Gasteiger partial charge in [0.2, 0.25) is 0 Å². The van der Waals surface area contributed by atoms with Gasteiger partial charge in [-0.05, 0) is 76.9 Å². The van der Waals surface area contributed by atoms with Gasteiger partial charge in [0.25, 0.3) is 11.8 Å². The molecule has 2 amide bonds. The highest BCUT2D eigenvalue weighted by Crippen LogP contribution is 2.20. The van der Waals surface area contributed by atoms with Gasteiger partial charge in [0, 0.05) is 15.7 Å². The number of amides is 2. The minimum atomic E-state index is -0.389. The van der Waals surface area contributed by atoms with Crippen molar-refractivity contribution in [1.82, 2.24) is 5.32 Å². The maximum Gasteiger partial charge on any atom is 0.255 e. The van der Waals surface area contributed by atoms with Crippen LogP contribution in [0.5, 0.6) is 0 Å². The lowest BCUT2D eigenvalue weighted by Gasteiger charge is -2.16. The molecular formula is C22H18BrFN2O2. The van der Waals surface area contributed by atoms with Crippen molar-refractivity contribution in [3.8, 4) is 0 Å². The zero-order chi connectivity index (χ0) is 20.1. The van der Waals surface area contributed by atoms with Gasteiger partial charge in [0.05, 0.1) is 11.6 Å². The van der Waals surface area contributed by atoms with Crippen molar-refractivity contribution in [2.45, 2.75) is 13.0 Å². The second-order valence-corrected chi connectivity index (χ2v) is 7.11. The Morgan fingerprint density at radius 1 is 0.893 bits per heavy atom. The number of hydrogen-bond donors (Lipinski definition) is 2. The lowest BCUT2D eigenvalue weighted by Crippen LogP contribution is -2.26. The zero-order valence-corrected chi connectivity index (χ0v) is 16.7. The predicted octanol–water partition coefficient (Wildman–Crippen LogP) is 5.33. The minimum absolute atomic E-state index is 0.173. The third-order valence-corrected chi connectivity index (χ3v) is 4.93. The monoisotopic (exact) mass is 440 g/mol. The summed E-state index contributed by atoms with van der Waals surface area (Å²) in [6.07, 6.45) is 0. The molecule has 142 valence electrons. The highest BCUT2D eigenvalue weighted by Gasteiger charge is 2.14. The van der Waals surface area contributed by atoms with Crippen molar-refractivity contribution < 1.29 is 14.0 Å². The highest BCUT2D eigenvalue weighted by molar-refractivity contribution is 9.10. The molecule has 0 fully saturated rings. The van der Waals surface area contributed by atoms with E-state index in [1.165, 1.54) is 24.3 Å². The molecule has 1 atom stereocenters. The standard InChI is InChI=1S/C22H18BrFN2O2/c1-14(25-22(28)19-4-2-3-5-20(19)23)15-8-12-18(13-9-15)26-21(27)16-6-10-17(24)11-7-16/h2-14H,1H3,(H,25,28)(H,26,27). The van der Waals surface area contributed by atoms with Gasteiger partial charge in [-0.25, -0.2) is 4.39 Å². The van der Waals surface area contributed by atoms with E-state index in [0.29, 0.717) is 16.8 Å². The van der Waals surface area contributed by atoms with E-state index in [0.717, 1.165) is 10.0 Å². The van der Waals surface area contributed by atoms with Crippen molar-refractivity contribution in [3.05, 3.63) is 99.8 Å². The second-order valence-electron chi connectivity index (χ2n) is 6.26. The van der Waals surface area contributed by atoms with Crippen LogP contribution in [0.3, 0.4) is 0 Å². The van der Waals surface area contributed by atoms with Crippen molar-refractivity contribution in [3.63, 3.8) is 0 Å². The third kappa shape index (κ3) is 4.84. The quantitative estimate of drug-likeness (QED) is 0.562. The van der Waals surface area contributed by atoms with Gasteiger partial charge in [0.1, 0.15) is 5.82 Å². The van der Waals surface area contributed by atoms with Crippen LogP contribution in [-0.2, 0) is 0 Å². The summed E-state index contributed by atoms with van der Waals surface area (Å²) in [5, 5.41) is 5.72. The van der Waals surface area contributed by atoms with E-state index < -0.39 is 0 Å². The average Bonchev–Trinajstić information content (AvgIpc) is 2.69. The van der Waals surface area contributed by atoms with E-state index in [2.05, 4.69) is 26.6 Å². The van der Waals surface area contributed by atoms with Crippen LogP contribution in [0.2, 0.25) is 0 Å². The number of nitrogens with one attached hydrogen (secondary N) is 2. The maximum absolute atomic E-state index is 13.0. The number of anilines is 1. The second kappa shape index (κ2) is 8.80. The fraction of sp³-hybridized carbons (Fsp3) is 0.0909. The van der Waals surface area contributed by atoms with Crippen molar-refractivity contribution in [2.24, 2.45) is 0 Å². The summed E-state index contributed by atoms with van der Waals surface area (Å²) >= 11 is 3.38. The number of rotatable bonds is 5. The largest absolute Gasteiger partial charge is 0.345 e. The molecule has 3 aromatic carbocycles. The van der Waals surface area contributed by atoms with E-state index in [1.54, 1.807) is 18.2 Å². The van der Waals surface area contributed by atoms with Crippen molar-refractivity contribution >= 4 is 33.4 Å². The summed E-state index contributed by atoms with van der Waals surface area (Å²) < 4.78 is 13.7. The van der Waals surface area contributed by atoms with Crippen LogP contribution in [-0.4, -0.2) is 11.8 Å². The van der Waals surface area contributed by atoms with Crippen LogP contribution in [0.1, 0.15) is 39.2 Å². The molecule has 0 saturated heterocycles. The molecule has 2 N–H and O–H groups in total. The van der Waals surface area contributed by atoms with Gasteiger partial charge >= 0.3 is 0 Å². The molecule has 0 aromatic heterocycles. The normalized spacial score (nSPS) is 11.5. The van der Waals surface area contributed by atoms with Crippen LogP contribution in [0.15, 0.2) is 77.3 Å². The van der Waals surface area contributed by atoms with Crippen LogP contribution in [0, 0.1) is 5.82 Å². The Bertz CT molecular complexity index is 988. The van der Waals surface area contributed by atoms with Crippen molar-refractivity contribution in [2.75, 3.05) is 5.32 Å². The van der Waals surface area contributed by atoms with Gasteiger partial charge in [-0.2, -0.15) is 0 Å². The van der Waals surface area contributed by atoms with Crippen LogP contribution >= 0.6 is 15.9 Å². The van der Waals surface area contributed by atoms with E-state index in [9.17, 15) is 14.0 Å². The van der Waals surface area contributed by atoms with Gasteiger partial charge in [-0.3, -0.25) is 9.59 Å². The Morgan fingerprint density at radius 2 is 1.54 bits per heavy atom. The Kier molecular flexibility index (Phi) is 6.21. The molecule has 0 aliphatic carbocycles. The Hall–Kier alpha value is -2.99. The summed E-state index contributed by atoms with van der Waals surface area (Å²) in [4.78, 5) is 24.6. The van der Waals surface area contributed by atoms with E-state index in [4.69, 9.17) is 0 Å². The van der Waals surface area contributed by atoms with Crippen LogP contribution in [0.4, 0.5) is 10.1 Å². The topological polar surface area (TPSA) is 58.2 Å². The molecule has 0 saturated carbocycles. The van der Waals surface area contributed by atoms with E-state index >= 15 is 0 Å². The summed E-state index contributed by atoms with van der Waals surface area (Å²) in [5.41, 5.74) is 2.46. The molecule has 6 heteroatoms. The van der Waals surface area contributed by atoms with Gasteiger partial charge in [-0.1, -0.05) is 24.3 Å². The number of carbonyl (C=O) groups is 2. The first-order valence-corrected chi connectivity index (χ1v) is 9.45. The first-order valence-electron chi connectivity index (χ1n) is 8.66. The molecule has 0 radical (unpaired) electrons. The first-order chi connectivity index (χ1) is 13.4. The molecule has 0 aliphatic heterocycles. The van der Waals surface area contributed by atoms with Gasteiger partial charge < -0.3 is 10.6 Å². The lowest BCUT2D eigenvalue weighted by molar-refractivity contribution is 0.0938. The molecule has 0 heterocycles. The molecule has 3 aromatic rings. The van der Waals surface area contributed by atoms with Crippen LogP contribution < -0.4 is 10.6 Å². The Labute approximate surface area is 170 Å². The third-order valence-electron chi connectivity index (χ3n) is 4.24. The fourth-order valence-corrected chi connectivity index (χ4v) is 3.13. The molecule has 4 nitrogen and oxygen atoms in total. The first kappa shape index (κ1) is 19.8. The highest BCUT2D eigenvalue weighted by atomic mass is 79.9. The summed E-state index contributed by atoms with van der Waals surface area (Å²) in [7, 11) is 0. The molecule has 28 heavy (non-hydrogen) atoms. The Balaban J connectivity index is 1.63. The molecule has 0 aliphatic rings. The number of benzene rings is 3. The average molecular weight is 441 g/mol. The SMILES string of the molecule is CC(NC(=O)c1ccccc1Br)c1ccc(NC(=O)c2ccc(F)cc2)cc1. The fourth-order valence-electron chi connectivity index (χ4n) is 2.66. The summed E-state index contributed by atoms with van der Waals surface area (Å²) in [6, 6.07) is 19.6. The van der Waals surface area contributed by atoms with E-state index in [1.807, 2.05) is 37.3 Å². The minimum Gasteiger partial charge on any atom is -0.345 e. The molecule has 1 unspecified atom stereocenters. The van der Waals surface area contributed by atoms with Gasteiger partial charge in [0.15, 0.2) is 0 Å². The molecule has 0 spiro atoms. The zero-order valence-electron chi connectivity index (χ0n) is 15.1. The number of halogens is 2. The molecular weight excluding hydrogens is 423 g/mol. The van der Waals surface area contributed by atoms with Crippen LogP contribution in [0.25, 0.3) is 0 Å². The number of hydrogen-bond acceptors (Lipinski definition) is 2. The molecule has 3 rings (SSSR count). The predicted molar refractivity (Wildman–Crippen MR) is 111 cm³/mol. The Morgan fingerprint density at radius 3 is 2.18 bits per heavy atom. The summed E-state index contributed by atoms with van der Waals surface area (Å²) in [6.45, 7) is 1.89. The maximum atomic E-state index is 13.0. The van der Waals surface area contributed by atoms with E-state index in [-0.39, 0.29) is 23.7 Å². The number of carbonyl (C=O) groups excluding carboxylic acids is 2. The summed E-state index contributed by atoms with van der Waals surface area (Å²) in [5.74, 6) is -0.879. The van der Waals surface area contributed by atoms with Crippen molar-refractivity contribution in [1.29, 1.82) is 0 Å².